The first-order valence-electron chi connectivity index (χ1n) is 8.85. The molecule has 6 nitrogen and oxygen atoms in total. The number of carbonyl (C=O) groups excluding carboxylic acids is 3. The third-order valence-electron chi connectivity index (χ3n) is 5.54. The van der Waals surface area contributed by atoms with Gasteiger partial charge in [0.2, 0.25) is 5.78 Å². The van der Waals surface area contributed by atoms with E-state index in [2.05, 4.69) is 6.58 Å². The van der Waals surface area contributed by atoms with Gasteiger partial charge in [-0.3, -0.25) is 4.79 Å². The van der Waals surface area contributed by atoms with Gasteiger partial charge < -0.3 is 14.2 Å². The van der Waals surface area contributed by atoms with Gasteiger partial charge in [-0.1, -0.05) is 19.6 Å². The molecule has 0 unspecified atom stereocenters. The van der Waals surface area contributed by atoms with Crippen LogP contribution in [0.1, 0.15) is 40.5 Å². The van der Waals surface area contributed by atoms with E-state index in [1.165, 1.54) is 6.08 Å². The van der Waals surface area contributed by atoms with Crippen LogP contribution < -0.4 is 0 Å². The monoisotopic (exact) mass is 360 g/mol. The molecule has 0 radical (unpaired) electrons. The molecule has 0 spiro atoms. The van der Waals surface area contributed by atoms with Crippen molar-refractivity contribution < 1.29 is 28.6 Å². The van der Waals surface area contributed by atoms with E-state index in [-0.39, 0.29) is 23.7 Å². The number of carbonyl (C=O) groups is 3. The van der Waals surface area contributed by atoms with Gasteiger partial charge in [-0.2, -0.15) is 0 Å². The highest BCUT2D eigenvalue weighted by atomic mass is 16.6. The Hall–Kier alpha value is -2.37. The summed E-state index contributed by atoms with van der Waals surface area (Å²) in [5.74, 6) is -1.13. The lowest BCUT2D eigenvalue weighted by Crippen LogP contribution is -2.43. The highest BCUT2D eigenvalue weighted by Crippen LogP contribution is 2.44. The number of rotatable bonds is 2. The number of fused-ring (bicyclic) bond motifs is 3. The van der Waals surface area contributed by atoms with Crippen LogP contribution in [-0.2, 0) is 28.6 Å². The van der Waals surface area contributed by atoms with Crippen molar-refractivity contribution in [1.29, 1.82) is 0 Å². The molecule has 0 amide bonds. The normalized spacial score (nSPS) is 37.0. The number of allylic oxidation sites excluding steroid dienone is 2. The predicted molar refractivity (Wildman–Crippen MR) is 92.8 cm³/mol. The van der Waals surface area contributed by atoms with Crippen molar-refractivity contribution in [3.05, 3.63) is 35.6 Å². The molecule has 0 N–H and O–H groups in total. The van der Waals surface area contributed by atoms with Crippen molar-refractivity contribution >= 4 is 17.7 Å². The molecule has 0 aromatic rings. The van der Waals surface area contributed by atoms with E-state index < -0.39 is 35.7 Å². The second-order valence-corrected chi connectivity index (χ2v) is 7.49. The van der Waals surface area contributed by atoms with Gasteiger partial charge in [0.15, 0.2) is 5.60 Å². The molecule has 2 saturated heterocycles. The summed E-state index contributed by atoms with van der Waals surface area (Å²) in [4.78, 5) is 37.0. The standard InChI is InChI=1S/C20H24O6/c1-6-10(2)18(22)25-15-9-20(5)16(21)8-13(26-20)11(3)7-14-17(15)12(4)19(23)24-14/h6,8,11,14-15,17H,4,7,9H2,1-3,5H3/b10-6-/t11-,14-,15-,17+,20-/m1/s1. The number of ketones is 1. The molecule has 26 heavy (non-hydrogen) atoms. The average Bonchev–Trinajstić information content (AvgIpc) is 3.03. The van der Waals surface area contributed by atoms with Crippen LogP contribution in [0, 0.1) is 11.8 Å². The van der Waals surface area contributed by atoms with Gasteiger partial charge in [0, 0.05) is 29.6 Å². The van der Waals surface area contributed by atoms with Crippen LogP contribution in [0.4, 0.5) is 0 Å². The van der Waals surface area contributed by atoms with E-state index in [0.29, 0.717) is 17.8 Å². The van der Waals surface area contributed by atoms with Crippen molar-refractivity contribution in [3.63, 3.8) is 0 Å². The van der Waals surface area contributed by atoms with Crippen LogP contribution in [0.5, 0.6) is 0 Å². The van der Waals surface area contributed by atoms with Gasteiger partial charge in [-0.15, -0.1) is 0 Å². The summed E-state index contributed by atoms with van der Waals surface area (Å²) in [6.07, 6.45) is 2.57. The summed E-state index contributed by atoms with van der Waals surface area (Å²) in [6, 6.07) is 0. The zero-order valence-electron chi connectivity index (χ0n) is 15.5. The summed E-state index contributed by atoms with van der Waals surface area (Å²) in [6.45, 7) is 10.9. The Morgan fingerprint density at radius 3 is 2.77 bits per heavy atom. The molecule has 5 atom stereocenters. The molecule has 3 heterocycles. The molecule has 2 bridgehead atoms. The fourth-order valence-corrected chi connectivity index (χ4v) is 3.75. The molecule has 0 aromatic carbocycles. The number of esters is 2. The Bertz CT molecular complexity index is 745. The molecule has 0 aliphatic carbocycles. The topological polar surface area (TPSA) is 78.9 Å². The molecule has 0 saturated carbocycles. The highest BCUT2D eigenvalue weighted by molar-refractivity contribution is 5.99. The Morgan fingerprint density at radius 1 is 1.42 bits per heavy atom. The van der Waals surface area contributed by atoms with Gasteiger partial charge in [-0.25, -0.2) is 9.59 Å². The van der Waals surface area contributed by atoms with E-state index in [0.717, 1.165) is 0 Å². The molecular weight excluding hydrogens is 336 g/mol. The molecule has 2 fully saturated rings. The van der Waals surface area contributed by atoms with Crippen LogP contribution >= 0.6 is 0 Å². The lowest BCUT2D eigenvalue weighted by Gasteiger charge is -2.31. The lowest BCUT2D eigenvalue weighted by atomic mass is 9.80. The third-order valence-corrected chi connectivity index (χ3v) is 5.54. The molecule has 140 valence electrons. The van der Waals surface area contributed by atoms with Crippen LogP contribution in [0.25, 0.3) is 0 Å². The summed E-state index contributed by atoms with van der Waals surface area (Å²) in [5.41, 5.74) is -0.395. The van der Waals surface area contributed by atoms with Crippen LogP contribution in [0.15, 0.2) is 35.6 Å². The van der Waals surface area contributed by atoms with Gasteiger partial charge in [0.25, 0.3) is 0 Å². The van der Waals surface area contributed by atoms with Crippen LogP contribution in [0.3, 0.4) is 0 Å². The fraction of sp³-hybridized carbons (Fsp3) is 0.550. The van der Waals surface area contributed by atoms with Crippen molar-refractivity contribution in [3.8, 4) is 0 Å². The highest BCUT2D eigenvalue weighted by Gasteiger charge is 2.53. The maximum Gasteiger partial charge on any atom is 0.334 e. The van der Waals surface area contributed by atoms with E-state index in [9.17, 15) is 14.4 Å². The average molecular weight is 360 g/mol. The first kappa shape index (κ1) is 18.4. The number of hydrogen-bond acceptors (Lipinski definition) is 6. The quantitative estimate of drug-likeness (QED) is 0.556. The zero-order chi connectivity index (χ0) is 19.2. The van der Waals surface area contributed by atoms with E-state index in [1.54, 1.807) is 26.8 Å². The lowest BCUT2D eigenvalue weighted by molar-refractivity contribution is -0.153. The second kappa shape index (κ2) is 6.41. The number of ether oxygens (including phenoxy) is 3. The van der Waals surface area contributed by atoms with E-state index in [4.69, 9.17) is 14.2 Å². The summed E-state index contributed by atoms with van der Waals surface area (Å²) >= 11 is 0. The predicted octanol–water partition coefficient (Wildman–Crippen LogP) is 2.63. The molecule has 3 rings (SSSR count). The van der Waals surface area contributed by atoms with Gasteiger partial charge in [-0.05, 0) is 27.2 Å². The van der Waals surface area contributed by atoms with Crippen molar-refractivity contribution in [2.45, 2.75) is 58.3 Å². The first-order valence-corrected chi connectivity index (χ1v) is 8.85. The second-order valence-electron chi connectivity index (χ2n) is 7.49. The number of hydrogen-bond donors (Lipinski definition) is 0. The minimum absolute atomic E-state index is 0.0984. The minimum Gasteiger partial charge on any atom is -0.483 e. The largest absolute Gasteiger partial charge is 0.483 e. The fourth-order valence-electron chi connectivity index (χ4n) is 3.75. The van der Waals surface area contributed by atoms with Gasteiger partial charge in [0.1, 0.15) is 18.0 Å². The zero-order valence-corrected chi connectivity index (χ0v) is 15.5. The SMILES string of the molecule is C=C1C(=O)O[C@@H]2C[C@@H](C)C3=CC(=O)[C@@](C)(C[C@@H](OC(=O)/C(C)=C\C)[C@@H]12)O3. The van der Waals surface area contributed by atoms with Crippen LogP contribution in [0.2, 0.25) is 0 Å². The molecular formula is C20H24O6. The van der Waals surface area contributed by atoms with Crippen molar-refractivity contribution in [1.82, 2.24) is 0 Å². The Balaban J connectivity index is 2.00. The summed E-state index contributed by atoms with van der Waals surface area (Å²) in [7, 11) is 0. The smallest absolute Gasteiger partial charge is 0.334 e. The Labute approximate surface area is 152 Å². The van der Waals surface area contributed by atoms with Gasteiger partial charge >= 0.3 is 11.9 Å². The van der Waals surface area contributed by atoms with Gasteiger partial charge in [0.05, 0.1) is 5.92 Å². The first-order chi connectivity index (χ1) is 12.2. The third kappa shape index (κ3) is 2.97. The molecule has 6 heteroatoms. The van der Waals surface area contributed by atoms with Crippen LogP contribution in [-0.4, -0.2) is 35.5 Å². The molecule has 0 aromatic heterocycles. The van der Waals surface area contributed by atoms with E-state index in [1.807, 2.05) is 6.92 Å². The Kier molecular flexibility index (Phi) is 4.54. The maximum absolute atomic E-state index is 12.5. The van der Waals surface area contributed by atoms with Crippen molar-refractivity contribution in [2.24, 2.45) is 11.8 Å². The molecule has 3 aliphatic heterocycles. The summed E-state index contributed by atoms with van der Waals surface area (Å²) < 4.78 is 17.2. The van der Waals surface area contributed by atoms with E-state index >= 15 is 0 Å². The van der Waals surface area contributed by atoms with Crippen molar-refractivity contribution in [2.75, 3.05) is 0 Å². The minimum atomic E-state index is -1.13. The summed E-state index contributed by atoms with van der Waals surface area (Å²) in [5, 5.41) is 0. The molecule has 3 aliphatic rings. The Morgan fingerprint density at radius 2 is 2.12 bits per heavy atom. The maximum atomic E-state index is 12.5.